The standard InChI is InChI=1S/C45H30ClFN4O9/c1-20-14-22(19-45(2,3)18-20)48-38(53)27-9-11-29-36-30(12-10-28(35(27)36)39(48)54)43(58)51(42(29)57)50-41(56)26-8-6-24(17-32(26)44(50)59)60-23-5-7-25-31(16-23)40(55)49(37(25)52)34-15-21(47)4-13-33(34)46/h4-13,15-17,20,22H,14,18-19H2,1-3H3. The lowest BCUT2D eigenvalue weighted by Gasteiger charge is -2.44. The third-order valence-electron chi connectivity index (χ3n) is 11.9. The van der Waals surface area contributed by atoms with Gasteiger partial charge in [0.2, 0.25) is 0 Å². The van der Waals surface area contributed by atoms with Crippen LogP contribution in [0.25, 0.3) is 10.8 Å². The Morgan fingerprint density at radius 1 is 0.567 bits per heavy atom. The van der Waals surface area contributed by atoms with Crippen LogP contribution in [-0.4, -0.2) is 68.2 Å². The Morgan fingerprint density at radius 2 is 1.02 bits per heavy atom. The van der Waals surface area contributed by atoms with Gasteiger partial charge in [0.15, 0.2) is 0 Å². The number of benzene rings is 5. The first-order chi connectivity index (χ1) is 28.5. The van der Waals surface area contributed by atoms with Gasteiger partial charge >= 0.3 is 0 Å². The molecule has 13 nitrogen and oxygen atoms in total. The number of hydrazine groups is 1. The number of anilines is 1. The van der Waals surface area contributed by atoms with Crippen molar-refractivity contribution < 1.29 is 47.5 Å². The van der Waals surface area contributed by atoms with Gasteiger partial charge in [-0.3, -0.25) is 43.3 Å². The summed E-state index contributed by atoms with van der Waals surface area (Å²) >= 11 is 6.18. The normalized spacial score (nSPS) is 20.5. The first kappa shape index (κ1) is 37.2. The molecule has 0 N–H and O–H groups in total. The van der Waals surface area contributed by atoms with E-state index in [1.165, 1.54) is 71.6 Å². The number of hydrogen-bond acceptors (Lipinski definition) is 9. The molecule has 0 radical (unpaired) electrons. The minimum atomic E-state index is -1.00. The molecule has 1 fully saturated rings. The van der Waals surface area contributed by atoms with E-state index in [1.54, 1.807) is 0 Å². The maximum absolute atomic E-state index is 14.2. The van der Waals surface area contributed by atoms with Crippen LogP contribution in [0.3, 0.4) is 0 Å². The second-order valence-corrected chi connectivity index (χ2v) is 16.9. The SMILES string of the molecule is CC1CC(N2C(=O)c3ccc4c5c(ccc(c35)C2=O)C(=O)N(N2C(=O)c3ccc(Oc5ccc6c(c5)C(=O)N(c5cc(F)ccc5Cl)C6=O)cc3C2=O)C4=O)CC(C)(C)C1. The predicted molar refractivity (Wildman–Crippen MR) is 212 cm³/mol. The molecular weight excluding hydrogens is 795 g/mol. The lowest BCUT2D eigenvalue weighted by molar-refractivity contribution is 0.00522. The maximum atomic E-state index is 14.2. The monoisotopic (exact) mass is 824 g/mol. The largest absolute Gasteiger partial charge is 0.457 e. The molecule has 0 spiro atoms. The second kappa shape index (κ2) is 12.7. The van der Waals surface area contributed by atoms with E-state index in [4.69, 9.17) is 16.3 Å². The number of ether oxygens (including phenoxy) is 1. The molecular formula is C45H30ClFN4O9. The summed E-state index contributed by atoms with van der Waals surface area (Å²) in [5.41, 5.74) is -0.355. The van der Waals surface area contributed by atoms with Crippen LogP contribution in [0.1, 0.15) is 123 Å². The molecule has 5 aromatic carbocycles. The van der Waals surface area contributed by atoms with E-state index in [9.17, 15) is 42.7 Å². The van der Waals surface area contributed by atoms with E-state index in [0.717, 1.165) is 23.5 Å². The number of imide groups is 4. The highest BCUT2D eigenvalue weighted by molar-refractivity contribution is 6.40. The molecule has 298 valence electrons. The van der Waals surface area contributed by atoms with Crippen molar-refractivity contribution in [2.75, 3.05) is 4.90 Å². The highest BCUT2D eigenvalue weighted by atomic mass is 35.5. The number of rotatable bonds is 5. The minimum Gasteiger partial charge on any atom is -0.457 e. The zero-order valence-electron chi connectivity index (χ0n) is 32.0. The van der Waals surface area contributed by atoms with E-state index in [1.807, 2.05) is 0 Å². The van der Waals surface area contributed by atoms with Crippen molar-refractivity contribution in [3.05, 3.63) is 134 Å². The Morgan fingerprint density at radius 3 is 1.57 bits per heavy atom. The van der Waals surface area contributed by atoms with E-state index in [-0.39, 0.29) is 94.9 Å². The molecule has 5 aliphatic rings. The highest BCUT2D eigenvalue weighted by Crippen LogP contribution is 2.45. The van der Waals surface area contributed by atoms with E-state index < -0.39 is 53.1 Å². The van der Waals surface area contributed by atoms with Crippen LogP contribution in [0, 0.1) is 17.2 Å². The number of carbonyl (C=O) groups excluding carboxylic acids is 8. The topological polar surface area (TPSA) is 159 Å². The number of hydrogen-bond donors (Lipinski definition) is 0. The zero-order valence-corrected chi connectivity index (χ0v) is 32.8. The van der Waals surface area contributed by atoms with Gasteiger partial charge in [0, 0.05) is 27.9 Å². The first-order valence-electron chi connectivity index (χ1n) is 19.1. The van der Waals surface area contributed by atoms with Crippen molar-refractivity contribution in [3.8, 4) is 11.5 Å². The summed E-state index contributed by atoms with van der Waals surface area (Å²) in [6.07, 6.45) is 2.25. The third kappa shape index (κ3) is 5.22. The van der Waals surface area contributed by atoms with Crippen LogP contribution >= 0.6 is 11.6 Å². The molecule has 15 heteroatoms. The summed E-state index contributed by atoms with van der Waals surface area (Å²) in [6.45, 7) is 6.33. The molecule has 1 aliphatic carbocycles. The van der Waals surface area contributed by atoms with Gasteiger partial charge in [-0.1, -0.05) is 32.4 Å². The molecule has 10 rings (SSSR count). The molecule has 0 saturated heterocycles. The van der Waals surface area contributed by atoms with Gasteiger partial charge in [-0.15, -0.1) is 0 Å². The van der Waals surface area contributed by atoms with Crippen LogP contribution in [0.4, 0.5) is 10.1 Å². The molecule has 2 unspecified atom stereocenters. The Hall–Kier alpha value is -7.06. The van der Waals surface area contributed by atoms with Crippen LogP contribution in [0.15, 0.2) is 78.9 Å². The lowest BCUT2D eigenvalue weighted by Crippen LogP contribution is -2.54. The average molecular weight is 825 g/mol. The third-order valence-corrected chi connectivity index (χ3v) is 12.2. The Bertz CT molecular complexity index is 2890. The number of fused-ring (bicyclic) bond motifs is 2. The van der Waals surface area contributed by atoms with Crippen molar-refractivity contribution in [3.63, 3.8) is 0 Å². The summed E-state index contributed by atoms with van der Waals surface area (Å²) in [4.78, 5) is 113. The summed E-state index contributed by atoms with van der Waals surface area (Å²) < 4.78 is 20.0. The van der Waals surface area contributed by atoms with Gasteiger partial charge < -0.3 is 4.74 Å². The maximum Gasteiger partial charge on any atom is 0.281 e. The molecule has 2 atom stereocenters. The smallest absolute Gasteiger partial charge is 0.281 e. The van der Waals surface area contributed by atoms with Crippen molar-refractivity contribution in [1.82, 2.24) is 14.9 Å². The molecule has 60 heavy (non-hydrogen) atoms. The zero-order chi connectivity index (χ0) is 42.3. The molecule has 1 saturated carbocycles. The minimum absolute atomic E-state index is 0.0144. The molecule has 0 aromatic heterocycles. The van der Waals surface area contributed by atoms with Gasteiger partial charge in [-0.25, -0.2) is 9.29 Å². The van der Waals surface area contributed by atoms with Gasteiger partial charge in [0.25, 0.3) is 47.3 Å². The number of nitrogens with zero attached hydrogens (tertiary/aromatic N) is 4. The second-order valence-electron chi connectivity index (χ2n) is 16.5. The molecule has 4 heterocycles. The number of carbonyl (C=O) groups is 8. The summed E-state index contributed by atoms with van der Waals surface area (Å²) in [7, 11) is 0. The lowest BCUT2D eigenvalue weighted by atomic mass is 9.70. The fourth-order valence-corrected chi connectivity index (χ4v) is 9.84. The summed E-state index contributed by atoms with van der Waals surface area (Å²) in [5, 5.41) is 1.18. The number of amides is 8. The number of halogens is 2. The first-order valence-corrected chi connectivity index (χ1v) is 19.5. The van der Waals surface area contributed by atoms with Crippen LogP contribution < -0.4 is 9.64 Å². The van der Waals surface area contributed by atoms with Crippen molar-refractivity contribution in [1.29, 1.82) is 0 Å². The van der Waals surface area contributed by atoms with Gasteiger partial charge in [-0.05, 0) is 109 Å². The average Bonchev–Trinajstić information content (AvgIpc) is 3.59. The summed E-state index contributed by atoms with van der Waals surface area (Å²) in [5.74, 6) is -6.78. The molecule has 5 aromatic rings. The Labute approximate surface area is 344 Å². The fourth-order valence-electron chi connectivity index (χ4n) is 9.63. The molecule has 0 bridgehead atoms. The van der Waals surface area contributed by atoms with E-state index >= 15 is 0 Å². The quantitative estimate of drug-likeness (QED) is 0.161. The van der Waals surface area contributed by atoms with E-state index in [0.29, 0.717) is 22.9 Å². The Kier molecular flexibility index (Phi) is 7.89. The van der Waals surface area contributed by atoms with E-state index in [2.05, 4.69) is 20.8 Å². The predicted octanol–water partition coefficient (Wildman–Crippen LogP) is 7.84. The highest BCUT2D eigenvalue weighted by Gasteiger charge is 2.50. The van der Waals surface area contributed by atoms with Crippen LogP contribution in [0.5, 0.6) is 11.5 Å². The van der Waals surface area contributed by atoms with Gasteiger partial charge in [-0.2, -0.15) is 10.0 Å². The molecule has 4 aliphatic heterocycles. The Balaban J connectivity index is 0.931. The van der Waals surface area contributed by atoms with Crippen LogP contribution in [0.2, 0.25) is 5.02 Å². The van der Waals surface area contributed by atoms with Gasteiger partial charge in [0.05, 0.1) is 44.1 Å². The van der Waals surface area contributed by atoms with Crippen molar-refractivity contribution in [2.45, 2.75) is 46.1 Å². The van der Waals surface area contributed by atoms with Gasteiger partial charge in [0.1, 0.15) is 17.3 Å². The van der Waals surface area contributed by atoms with Crippen molar-refractivity contribution in [2.24, 2.45) is 11.3 Å². The fraction of sp³-hybridized carbons (Fsp3) is 0.200. The van der Waals surface area contributed by atoms with Crippen molar-refractivity contribution >= 4 is 75.3 Å². The van der Waals surface area contributed by atoms with Crippen LogP contribution in [-0.2, 0) is 0 Å². The summed E-state index contributed by atoms with van der Waals surface area (Å²) in [6, 6.07) is 16.5. The molecule has 8 amide bonds.